The van der Waals surface area contributed by atoms with E-state index in [2.05, 4.69) is 11.6 Å². The zero-order valence-corrected chi connectivity index (χ0v) is 12.2. The molecule has 106 valence electrons. The molecule has 2 atom stereocenters. The van der Waals surface area contributed by atoms with Gasteiger partial charge in [-0.05, 0) is 47.9 Å². The van der Waals surface area contributed by atoms with E-state index in [4.69, 9.17) is 0 Å². The fourth-order valence-corrected chi connectivity index (χ4v) is 3.39. The summed E-state index contributed by atoms with van der Waals surface area (Å²) < 4.78 is 26.9. The molecule has 0 spiro atoms. The molecule has 0 heterocycles. The fourth-order valence-electron chi connectivity index (χ4n) is 2.25. The van der Waals surface area contributed by atoms with Crippen molar-refractivity contribution in [3.8, 4) is 0 Å². The average Bonchev–Trinajstić information content (AvgIpc) is 3.11. The Hall–Kier alpha value is -0.910. The van der Waals surface area contributed by atoms with Crippen LogP contribution in [0.4, 0.5) is 0 Å². The van der Waals surface area contributed by atoms with E-state index in [0.29, 0.717) is 23.9 Å². The maximum Gasteiger partial charge on any atom is 0.240 e. The zero-order chi connectivity index (χ0) is 14.0. The van der Waals surface area contributed by atoms with Crippen LogP contribution in [-0.4, -0.2) is 20.1 Å². The summed E-state index contributed by atoms with van der Waals surface area (Å²) in [6.07, 6.45) is 1.88. The second kappa shape index (κ2) is 5.61. The Morgan fingerprint density at radius 1 is 1.37 bits per heavy atom. The SMILES string of the molecule is CCc1ccc(S(=O)(=O)NCC2CC2C)cc1CO. The van der Waals surface area contributed by atoms with E-state index >= 15 is 0 Å². The number of aliphatic hydroxyl groups is 1. The highest BCUT2D eigenvalue weighted by atomic mass is 32.2. The lowest BCUT2D eigenvalue weighted by Gasteiger charge is -2.10. The molecule has 5 heteroatoms. The van der Waals surface area contributed by atoms with Crippen LogP contribution in [0.2, 0.25) is 0 Å². The molecule has 2 unspecified atom stereocenters. The standard InChI is InChI=1S/C14H21NO3S/c1-3-11-4-5-14(7-13(11)9-16)19(17,18)15-8-12-6-10(12)2/h4-5,7,10,12,15-16H,3,6,8-9H2,1-2H3. The van der Waals surface area contributed by atoms with Gasteiger partial charge in [0.15, 0.2) is 0 Å². The molecular formula is C14H21NO3S. The molecule has 1 aromatic carbocycles. The summed E-state index contributed by atoms with van der Waals surface area (Å²) in [6.45, 7) is 4.48. The predicted octanol–water partition coefficient (Wildman–Crippen LogP) is 1.68. The molecule has 0 aliphatic heterocycles. The van der Waals surface area contributed by atoms with E-state index in [0.717, 1.165) is 18.4 Å². The van der Waals surface area contributed by atoms with Crippen LogP contribution in [-0.2, 0) is 23.1 Å². The van der Waals surface area contributed by atoms with Crippen molar-refractivity contribution >= 4 is 10.0 Å². The third-order valence-corrected chi connectivity index (χ3v) is 5.27. The Labute approximate surface area is 114 Å². The van der Waals surface area contributed by atoms with Gasteiger partial charge in [0.25, 0.3) is 0 Å². The van der Waals surface area contributed by atoms with E-state index in [9.17, 15) is 13.5 Å². The number of sulfonamides is 1. The highest BCUT2D eigenvalue weighted by Crippen LogP contribution is 2.37. The average molecular weight is 283 g/mol. The van der Waals surface area contributed by atoms with Crippen LogP contribution in [0.15, 0.2) is 23.1 Å². The molecule has 1 aromatic rings. The molecule has 0 amide bonds. The van der Waals surface area contributed by atoms with Gasteiger partial charge in [0.05, 0.1) is 11.5 Å². The highest BCUT2D eigenvalue weighted by molar-refractivity contribution is 7.89. The lowest BCUT2D eigenvalue weighted by atomic mass is 10.1. The Bertz CT molecular complexity index is 554. The first-order valence-electron chi connectivity index (χ1n) is 6.70. The van der Waals surface area contributed by atoms with Crippen molar-refractivity contribution in [1.82, 2.24) is 4.72 Å². The molecule has 1 aliphatic rings. The zero-order valence-electron chi connectivity index (χ0n) is 11.4. The topological polar surface area (TPSA) is 66.4 Å². The third kappa shape index (κ3) is 3.35. The van der Waals surface area contributed by atoms with E-state index in [1.165, 1.54) is 0 Å². The summed E-state index contributed by atoms with van der Waals surface area (Å²) >= 11 is 0. The van der Waals surface area contributed by atoms with Crippen LogP contribution in [0.5, 0.6) is 0 Å². The van der Waals surface area contributed by atoms with Crippen LogP contribution < -0.4 is 4.72 Å². The molecule has 0 bridgehead atoms. The summed E-state index contributed by atoms with van der Waals surface area (Å²) in [5, 5.41) is 9.29. The fraction of sp³-hybridized carbons (Fsp3) is 0.571. The molecule has 1 fully saturated rings. The molecule has 1 saturated carbocycles. The molecule has 19 heavy (non-hydrogen) atoms. The highest BCUT2D eigenvalue weighted by Gasteiger charge is 2.33. The van der Waals surface area contributed by atoms with Crippen LogP contribution in [0, 0.1) is 11.8 Å². The first-order chi connectivity index (χ1) is 8.97. The lowest BCUT2D eigenvalue weighted by Crippen LogP contribution is -2.26. The maximum atomic E-state index is 12.1. The van der Waals surface area contributed by atoms with Crippen molar-refractivity contribution in [2.75, 3.05) is 6.54 Å². The first kappa shape index (κ1) is 14.5. The number of benzene rings is 1. The summed E-state index contributed by atoms with van der Waals surface area (Å²) in [5.41, 5.74) is 1.67. The number of rotatable bonds is 6. The summed E-state index contributed by atoms with van der Waals surface area (Å²) in [6, 6.07) is 4.95. The van der Waals surface area contributed by atoms with E-state index in [1.54, 1.807) is 18.2 Å². The Morgan fingerprint density at radius 3 is 2.58 bits per heavy atom. The van der Waals surface area contributed by atoms with Crippen molar-refractivity contribution in [2.45, 2.75) is 38.2 Å². The van der Waals surface area contributed by atoms with E-state index < -0.39 is 10.0 Å². The molecular weight excluding hydrogens is 262 g/mol. The lowest BCUT2D eigenvalue weighted by molar-refractivity contribution is 0.280. The van der Waals surface area contributed by atoms with Gasteiger partial charge in [0, 0.05) is 6.54 Å². The molecule has 4 nitrogen and oxygen atoms in total. The largest absolute Gasteiger partial charge is 0.392 e. The summed E-state index contributed by atoms with van der Waals surface area (Å²) in [4.78, 5) is 0.238. The molecule has 0 radical (unpaired) electrons. The van der Waals surface area contributed by atoms with Crippen LogP contribution in [0.25, 0.3) is 0 Å². The quantitative estimate of drug-likeness (QED) is 0.834. The molecule has 0 aromatic heterocycles. The second-order valence-electron chi connectivity index (χ2n) is 5.27. The van der Waals surface area contributed by atoms with Gasteiger partial charge in [0.2, 0.25) is 10.0 Å². The van der Waals surface area contributed by atoms with Gasteiger partial charge in [-0.2, -0.15) is 0 Å². The molecule has 2 rings (SSSR count). The van der Waals surface area contributed by atoms with Crippen LogP contribution >= 0.6 is 0 Å². The number of hydrogen-bond acceptors (Lipinski definition) is 3. The number of aryl methyl sites for hydroxylation is 1. The van der Waals surface area contributed by atoms with Gasteiger partial charge < -0.3 is 5.11 Å². The van der Waals surface area contributed by atoms with E-state index in [-0.39, 0.29) is 11.5 Å². The maximum absolute atomic E-state index is 12.1. The van der Waals surface area contributed by atoms with Crippen molar-refractivity contribution in [3.05, 3.63) is 29.3 Å². The van der Waals surface area contributed by atoms with E-state index in [1.807, 2.05) is 6.92 Å². The first-order valence-corrected chi connectivity index (χ1v) is 8.18. The van der Waals surface area contributed by atoms with Crippen molar-refractivity contribution < 1.29 is 13.5 Å². The summed E-state index contributed by atoms with van der Waals surface area (Å²) in [7, 11) is -3.46. The number of hydrogen-bond donors (Lipinski definition) is 2. The van der Waals surface area contributed by atoms with Gasteiger partial charge in [0.1, 0.15) is 0 Å². The van der Waals surface area contributed by atoms with Crippen molar-refractivity contribution in [3.63, 3.8) is 0 Å². The molecule has 0 saturated heterocycles. The minimum atomic E-state index is -3.46. The van der Waals surface area contributed by atoms with Crippen molar-refractivity contribution in [2.24, 2.45) is 11.8 Å². The Balaban J connectivity index is 2.15. The molecule has 2 N–H and O–H groups in total. The smallest absolute Gasteiger partial charge is 0.240 e. The van der Waals surface area contributed by atoms with Gasteiger partial charge in [-0.1, -0.05) is 19.9 Å². The van der Waals surface area contributed by atoms with Gasteiger partial charge >= 0.3 is 0 Å². The number of aliphatic hydroxyl groups excluding tert-OH is 1. The van der Waals surface area contributed by atoms with Gasteiger partial charge in [-0.3, -0.25) is 0 Å². The Kier molecular flexibility index (Phi) is 4.28. The normalized spacial score (nSPS) is 22.5. The van der Waals surface area contributed by atoms with Crippen molar-refractivity contribution in [1.29, 1.82) is 0 Å². The van der Waals surface area contributed by atoms with Gasteiger partial charge in [-0.15, -0.1) is 0 Å². The third-order valence-electron chi connectivity index (χ3n) is 3.85. The van der Waals surface area contributed by atoms with Crippen LogP contribution in [0.1, 0.15) is 31.4 Å². The van der Waals surface area contributed by atoms with Gasteiger partial charge in [-0.25, -0.2) is 13.1 Å². The minimum Gasteiger partial charge on any atom is -0.392 e. The Morgan fingerprint density at radius 2 is 2.05 bits per heavy atom. The number of nitrogens with one attached hydrogen (secondary N) is 1. The predicted molar refractivity (Wildman–Crippen MR) is 74.2 cm³/mol. The van der Waals surface area contributed by atoms with Crippen LogP contribution in [0.3, 0.4) is 0 Å². The summed E-state index contributed by atoms with van der Waals surface area (Å²) in [5.74, 6) is 1.10. The second-order valence-corrected chi connectivity index (χ2v) is 7.03. The molecule has 1 aliphatic carbocycles. The monoisotopic (exact) mass is 283 g/mol. The minimum absolute atomic E-state index is 0.133.